The van der Waals surface area contributed by atoms with E-state index in [9.17, 15) is 13.2 Å². The molecular weight excluding hydrogens is 194 g/mol. The van der Waals surface area contributed by atoms with Crippen molar-refractivity contribution in [3.05, 3.63) is 12.2 Å². The largest absolute Gasteiger partial charge is 0.366 e. The van der Waals surface area contributed by atoms with E-state index >= 15 is 0 Å². The Morgan fingerprint density at radius 2 is 2.08 bits per heavy atom. The highest BCUT2D eigenvalue weighted by Crippen LogP contribution is 1.76. The summed E-state index contributed by atoms with van der Waals surface area (Å²) in [7, 11) is -2.61. The number of hydrogen-bond donors (Lipinski definition) is 2. The number of hydrogen-bond acceptors (Lipinski definition) is 4. The van der Waals surface area contributed by atoms with E-state index in [0.717, 1.165) is 6.42 Å². The third kappa shape index (κ3) is 24.7. The van der Waals surface area contributed by atoms with Crippen molar-refractivity contribution in [2.45, 2.75) is 20.3 Å². The van der Waals surface area contributed by atoms with Crippen LogP contribution in [0.1, 0.15) is 20.3 Å². The molecule has 0 saturated heterocycles. The standard InChI is InChI=1S/C4H7NO.C3H8O3S/c1-2-3-4(5)6;1-2-3-6-7(4)5/h2-3H,1H3,(H2,5,6);7H,2-3H2,1H3. The van der Waals surface area contributed by atoms with E-state index in [1.165, 1.54) is 6.08 Å². The summed E-state index contributed by atoms with van der Waals surface area (Å²) in [5.74, 6) is -0.391. The van der Waals surface area contributed by atoms with Gasteiger partial charge in [0, 0.05) is 0 Å². The van der Waals surface area contributed by atoms with Crippen molar-refractivity contribution in [3.8, 4) is 0 Å². The number of thiol groups is 1. The minimum absolute atomic E-state index is 0.304. The molecule has 2 N–H and O–H groups in total. The third-order valence-corrected chi connectivity index (χ3v) is 1.13. The van der Waals surface area contributed by atoms with Crippen LogP contribution in [0.5, 0.6) is 0 Å². The van der Waals surface area contributed by atoms with Crippen LogP contribution in [0.3, 0.4) is 0 Å². The molecule has 0 aliphatic heterocycles. The Hall–Kier alpha value is -0.880. The Balaban J connectivity index is 0. The zero-order chi connectivity index (χ0) is 10.7. The molecule has 0 aromatic rings. The Morgan fingerprint density at radius 3 is 2.15 bits per heavy atom. The lowest BCUT2D eigenvalue weighted by molar-refractivity contribution is -0.113. The predicted octanol–water partition coefficient (Wildman–Crippen LogP) is -0.0128. The van der Waals surface area contributed by atoms with E-state index in [1.54, 1.807) is 13.0 Å². The first-order chi connectivity index (χ1) is 6.04. The lowest BCUT2D eigenvalue weighted by atomic mass is 10.5. The fourth-order valence-electron chi connectivity index (χ4n) is 0.330. The lowest BCUT2D eigenvalue weighted by Crippen LogP contribution is -2.04. The van der Waals surface area contributed by atoms with Crippen molar-refractivity contribution in [3.63, 3.8) is 0 Å². The summed E-state index contributed by atoms with van der Waals surface area (Å²) in [4.78, 5) is 9.73. The van der Waals surface area contributed by atoms with Gasteiger partial charge in [-0.2, -0.15) is 0 Å². The van der Waals surface area contributed by atoms with Gasteiger partial charge in [-0.1, -0.05) is 13.0 Å². The van der Waals surface area contributed by atoms with Crippen LogP contribution in [0, 0.1) is 0 Å². The number of carbonyl (C=O) groups is 1. The van der Waals surface area contributed by atoms with Crippen LogP contribution in [0.15, 0.2) is 12.2 Å². The van der Waals surface area contributed by atoms with E-state index < -0.39 is 16.9 Å². The molecule has 0 heterocycles. The summed E-state index contributed by atoms with van der Waals surface area (Å²) in [5.41, 5.74) is 4.68. The monoisotopic (exact) mass is 209 g/mol. The van der Waals surface area contributed by atoms with Gasteiger partial charge in [-0.3, -0.25) is 8.98 Å². The first-order valence-corrected chi connectivity index (χ1v) is 4.83. The number of nitrogens with two attached hydrogens (primary N) is 1. The smallest absolute Gasteiger partial charge is 0.257 e. The normalized spacial score (nSPS) is 9.77. The van der Waals surface area contributed by atoms with Crippen LogP contribution in [0.4, 0.5) is 0 Å². The fraction of sp³-hybridized carbons (Fsp3) is 0.571. The first kappa shape index (κ1) is 14.6. The van der Waals surface area contributed by atoms with Crippen LogP contribution in [0.2, 0.25) is 0 Å². The molecule has 0 spiro atoms. The maximum Gasteiger partial charge on any atom is 0.257 e. The zero-order valence-corrected chi connectivity index (χ0v) is 8.62. The minimum Gasteiger partial charge on any atom is -0.366 e. The summed E-state index contributed by atoms with van der Waals surface area (Å²) in [6.07, 6.45) is 3.64. The number of carbonyl (C=O) groups excluding carboxylic acids is 1. The molecule has 0 saturated carbocycles. The second-order valence-electron chi connectivity index (χ2n) is 1.96. The number of amides is 1. The Labute approximate surface area is 79.7 Å². The summed E-state index contributed by atoms with van der Waals surface area (Å²) in [6, 6.07) is 0. The first-order valence-electron chi connectivity index (χ1n) is 3.74. The van der Waals surface area contributed by atoms with Crippen molar-refractivity contribution in [1.82, 2.24) is 0 Å². The van der Waals surface area contributed by atoms with Crippen molar-refractivity contribution in [2.75, 3.05) is 6.61 Å². The summed E-state index contributed by atoms with van der Waals surface area (Å²) < 4.78 is 23.3. The molecule has 1 amide bonds. The fourth-order valence-corrected chi connectivity index (χ4v) is 0.662. The van der Waals surface area contributed by atoms with Gasteiger partial charge in [0.2, 0.25) is 5.91 Å². The molecule has 0 aliphatic carbocycles. The molecule has 0 aromatic carbocycles. The molecule has 0 fully saturated rings. The molecule has 6 heteroatoms. The maximum atomic E-state index is 9.73. The molecule has 0 bridgehead atoms. The predicted molar refractivity (Wildman–Crippen MR) is 50.6 cm³/mol. The van der Waals surface area contributed by atoms with Crippen molar-refractivity contribution >= 4 is 16.9 Å². The number of allylic oxidation sites excluding steroid dienone is 1. The second-order valence-corrected chi connectivity index (χ2v) is 2.66. The lowest BCUT2D eigenvalue weighted by Gasteiger charge is -1.84. The van der Waals surface area contributed by atoms with E-state index in [4.69, 9.17) is 0 Å². The van der Waals surface area contributed by atoms with Gasteiger partial charge in [0.25, 0.3) is 11.0 Å². The summed E-state index contributed by atoms with van der Waals surface area (Å²) >= 11 is 0. The van der Waals surface area contributed by atoms with Crippen LogP contribution in [0.25, 0.3) is 0 Å². The van der Waals surface area contributed by atoms with Crippen LogP contribution < -0.4 is 5.73 Å². The van der Waals surface area contributed by atoms with Gasteiger partial charge >= 0.3 is 0 Å². The van der Waals surface area contributed by atoms with Gasteiger partial charge in [-0.15, -0.1) is 0 Å². The van der Waals surface area contributed by atoms with Gasteiger partial charge in [0.05, 0.1) is 6.61 Å². The van der Waals surface area contributed by atoms with Gasteiger partial charge in [0.1, 0.15) is 0 Å². The molecule has 5 nitrogen and oxygen atoms in total. The molecule has 0 unspecified atom stereocenters. The van der Waals surface area contributed by atoms with Gasteiger partial charge in [-0.25, -0.2) is 8.42 Å². The number of primary amides is 1. The van der Waals surface area contributed by atoms with Gasteiger partial charge in [0.15, 0.2) is 0 Å². The Kier molecular flexibility index (Phi) is 12.5. The van der Waals surface area contributed by atoms with Gasteiger partial charge in [-0.05, 0) is 19.4 Å². The SMILES string of the molecule is CC=CC(N)=O.CCCO[SH](=O)=O. The highest BCUT2D eigenvalue weighted by molar-refractivity contribution is 7.67. The quantitative estimate of drug-likeness (QED) is 0.503. The molecule has 0 aromatic heterocycles. The maximum absolute atomic E-state index is 9.73. The second kappa shape index (κ2) is 11.1. The summed E-state index contributed by atoms with van der Waals surface area (Å²) in [5, 5.41) is 0. The average molecular weight is 209 g/mol. The third-order valence-electron chi connectivity index (χ3n) is 0.732. The van der Waals surface area contributed by atoms with Crippen LogP contribution >= 0.6 is 0 Å². The molecule has 0 radical (unpaired) electrons. The molecule has 0 atom stereocenters. The van der Waals surface area contributed by atoms with E-state index in [1.807, 2.05) is 6.92 Å². The van der Waals surface area contributed by atoms with Crippen LogP contribution in [-0.2, 0) is 20.0 Å². The average Bonchev–Trinajstić information content (AvgIpc) is 2.01. The van der Waals surface area contributed by atoms with Crippen LogP contribution in [-0.4, -0.2) is 20.9 Å². The highest BCUT2D eigenvalue weighted by Gasteiger charge is 1.79. The molecule has 13 heavy (non-hydrogen) atoms. The number of rotatable bonds is 4. The Morgan fingerprint density at radius 1 is 1.54 bits per heavy atom. The van der Waals surface area contributed by atoms with E-state index in [2.05, 4.69) is 9.92 Å². The van der Waals surface area contributed by atoms with E-state index in [-0.39, 0.29) is 0 Å². The van der Waals surface area contributed by atoms with Crippen molar-refractivity contribution in [1.29, 1.82) is 0 Å². The zero-order valence-electron chi connectivity index (χ0n) is 7.73. The Bertz CT molecular complexity index is 215. The van der Waals surface area contributed by atoms with Crippen molar-refractivity contribution in [2.24, 2.45) is 5.73 Å². The van der Waals surface area contributed by atoms with Crippen molar-refractivity contribution < 1.29 is 17.4 Å². The molecule has 78 valence electrons. The molecule has 0 aliphatic rings. The van der Waals surface area contributed by atoms with E-state index in [0.29, 0.717) is 6.61 Å². The summed E-state index contributed by atoms with van der Waals surface area (Å²) in [6.45, 7) is 3.89. The topological polar surface area (TPSA) is 86.5 Å². The highest BCUT2D eigenvalue weighted by atomic mass is 32.2. The molecular formula is C7H15NO4S. The van der Waals surface area contributed by atoms with Gasteiger partial charge < -0.3 is 5.73 Å². The minimum atomic E-state index is -2.61. The molecule has 0 rings (SSSR count).